The lowest BCUT2D eigenvalue weighted by Crippen LogP contribution is -2.46. The molecule has 0 bridgehead atoms. The van der Waals surface area contributed by atoms with Gasteiger partial charge in [-0.2, -0.15) is 0 Å². The average molecular weight is 375 g/mol. The molecular formula is C19H25N3O3S. The molecule has 0 aliphatic carbocycles. The molecule has 0 aromatic heterocycles. The SMILES string of the molecule is CCCC(=O)Nc1cccc([C@@H]2NC(=S)N(C)C(C)=C2C(=O)OCC)c1. The number of thiocarbonyl (C=S) groups is 1. The molecule has 6 nitrogen and oxygen atoms in total. The number of anilines is 1. The van der Waals surface area contributed by atoms with Crippen LogP contribution in [0.15, 0.2) is 35.5 Å². The summed E-state index contributed by atoms with van der Waals surface area (Å²) < 4.78 is 5.24. The fraction of sp³-hybridized carbons (Fsp3) is 0.421. The highest BCUT2D eigenvalue weighted by Crippen LogP contribution is 2.31. The van der Waals surface area contributed by atoms with Gasteiger partial charge in [0.1, 0.15) is 0 Å². The zero-order valence-corrected chi connectivity index (χ0v) is 16.4. The maximum Gasteiger partial charge on any atom is 0.338 e. The van der Waals surface area contributed by atoms with Crippen LogP contribution in [-0.2, 0) is 14.3 Å². The van der Waals surface area contributed by atoms with Gasteiger partial charge in [0.2, 0.25) is 5.91 Å². The Bertz CT molecular complexity index is 745. The van der Waals surface area contributed by atoms with Crippen molar-refractivity contribution in [2.75, 3.05) is 19.0 Å². The first-order valence-electron chi connectivity index (χ1n) is 8.70. The van der Waals surface area contributed by atoms with Crippen LogP contribution in [0.3, 0.4) is 0 Å². The van der Waals surface area contributed by atoms with E-state index in [-0.39, 0.29) is 11.9 Å². The zero-order chi connectivity index (χ0) is 19.3. The van der Waals surface area contributed by atoms with Crippen LogP contribution >= 0.6 is 12.2 Å². The van der Waals surface area contributed by atoms with Crippen LogP contribution in [0.25, 0.3) is 0 Å². The van der Waals surface area contributed by atoms with Crippen LogP contribution in [0.2, 0.25) is 0 Å². The van der Waals surface area contributed by atoms with Crippen molar-refractivity contribution >= 4 is 34.9 Å². The van der Waals surface area contributed by atoms with E-state index in [9.17, 15) is 9.59 Å². The van der Waals surface area contributed by atoms with Crippen molar-refractivity contribution in [2.45, 2.75) is 39.7 Å². The lowest BCUT2D eigenvalue weighted by molar-refractivity contribution is -0.139. The summed E-state index contributed by atoms with van der Waals surface area (Å²) in [6.07, 6.45) is 1.25. The molecule has 26 heavy (non-hydrogen) atoms. The number of nitrogens with one attached hydrogen (secondary N) is 2. The number of benzene rings is 1. The highest BCUT2D eigenvalue weighted by Gasteiger charge is 2.33. The molecule has 0 radical (unpaired) electrons. The van der Waals surface area contributed by atoms with Gasteiger partial charge in [0, 0.05) is 24.9 Å². The summed E-state index contributed by atoms with van der Waals surface area (Å²) in [5.41, 5.74) is 2.78. The van der Waals surface area contributed by atoms with E-state index in [2.05, 4.69) is 10.6 Å². The second-order valence-corrected chi connectivity index (χ2v) is 6.47. The van der Waals surface area contributed by atoms with Gasteiger partial charge in [0.15, 0.2) is 5.11 Å². The maximum absolute atomic E-state index is 12.5. The number of carbonyl (C=O) groups is 2. The van der Waals surface area contributed by atoms with Crippen molar-refractivity contribution in [3.63, 3.8) is 0 Å². The number of esters is 1. The summed E-state index contributed by atoms with van der Waals surface area (Å²) >= 11 is 5.38. The van der Waals surface area contributed by atoms with Crippen LogP contribution in [0.1, 0.15) is 45.2 Å². The highest BCUT2D eigenvalue weighted by molar-refractivity contribution is 7.80. The van der Waals surface area contributed by atoms with Crippen molar-refractivity contribution in [3.05, 3.63) is 41.1 Å². The first-order chi connectivity index (χ1) is 12.4. The van der Waals surface area contributed by atoms with Crippen molar-refractivity contribution in [1.82, 2.24) is 10.2 Å². The van der Waals surface area contributed by atoms with Gasteiger partial charge < -0.3 is 20.3 Å². The molecule has 0 spiro atoms. The number of amides is 1. The Kier molecular flexibility index (Phi) is 6.74. The molecule has 1 amide bonds. The Morgan fingerprint density at radius 1 is 1.35 bits per heavy atom. The van der Waals surface area contributed by atoms with Gasteiger partial charge in [-0.05, 0) is 50.2 Å². The van der Waals surface area contributed by atoms with Crippen molar-refractivity contribution in [2.24, 2.45) is 0 Å². The number of carbonyl (C=O) groups excluding carboxylic acids is 2. The predicted octanol–water partition coefficient (Wildman–Crippen LogP) is 3.12. The molecule has 0 saturated carbocycles. The lowest BCUT2D eigenvalue weighted by Gasteiger charge is -2.35. The van der Waals surface area contributed by atoms with Gasteiger partial charge in [-0.15, -0.1) is 0 Å². The van der Waals surface area contributed by atoms with Gasteiger partial charge in [-0.1, -0.05) is 19.1 Å². The fourth-order valence-electron chi connectivity index (χ4n) is 2.81. The molecule has 7 heteroatoms. The van der Waals surface area contributed by atoms with Gasteiger partial charge in [0.05, 0.1) is 18.2 Å². The topological polar surface area (TPSA) is 70.7 Å². The number of nitrogens with zero attached hydrogens (tertiary/aromatic N) is 1. The van der Waals surface area contributed by atoms with Gasteiger partial charge in [0.25, 0.3) is 0 Å². The number of allylic oxidation sites excluding steroid dienone is 1. The Morgan fingerprint density at radius 3 is 2.73 bits per heavy atom. The molecule has 1 heterocycles. The molecule has 140 valence electrons. The minimum Gasteiger partial charge on any atom is -0.463 e. The van der Waals surface area contributed by atoms with Crippen LogP contribution in [0.4, 0.5) is 5.69 Å². The number of rotatable bonds is 6. The molecule has 0 fully saturated rings. The second-order valence-electron chi connectivity index (χ2n) is 6.08. The van der Waals surface area contributed by atoms with Gasteiger partial charge in [-0.3, -0.25) is 4.79 Å². The van der Waals surface area contributed by atoms with Crippen LogP contribution < -0.4 is 10.6 Å². The third-order valence-electron chi connectivity index (χ3n) is 4.23. The zero-order valence-electron chi connectivity index (χ0n) is 15.6. The predicted molar refractivity (Wildman–Crippen MR) is 106 cm³/mol. The molecule has 1 atom stereocenters. The summed E-state index contributed by atoms with van der Waals surface area (Å²) in [7, 11) is 1.81. The van der Waals surface area contributed by atoms with Crippen LogP contribution in [0, 0.1) is 0 Å². The molecule has 1 aliphatic heterocycles. The number of hydrogen-bond acceptors (Lipinski definition) is 4. The largest absolute Gasteiger partial charge is 0.463 e. The van der Waals surface area contributed by atoms with E-state index >= 15 is 0 Å². The number of hydrogen-bond donors (Lipinski definition) is 2. The summed E-state index contributed by atoms with van der Waals surface area (Å²) in [5, 5.41) is 6.60. The van der Waals surface area contributed by atoms with E-state index < -0.39 is 6.04 Å². The van der Waals surface area contributed by atoms with E-state index in [0.717, 1.165) is 17.7 Å². The smallest absolute Gasteiger partial charge is 0.338 e. The Labute approximate surface area is 159 Å². The van der Waals surface area contributed by atoms with E-state index in [1.54, 1.807) is 11.8 Å². The van der Waals surface area contributed by atoms with E-state index in [0.29, 0.717) is 29.4 Å². The molecule has 1 aromatic carbocycles. The molecule has 2 N–H and O–H groups in total. The molecule has 2 rings (SSSR count). The Morgan fingerprint density at radius 2 is 2.08 bits per heavy atom. The summed E-state index contributed by atoms with van der Waals surface area (Å²) in [6.45, 7) is 5.87. The first-order valence-corrected chi connectivity index (χ1v) is 9.11. The monoisotopic (exact) mass is 375 g/mol. The van der Waals surface area contributed by atoms with Crippen molar-refractivity contribution in [1.29, 1.82) is 0 Å². The lowest BCUT2D eigenvalue weighted by atomic mass is 9.95. The van der Waals surface area contributed by atoms with E-state index in [1.807, 2.05) is 45.2 Å². The van der Waals surface area contributed by atoms with Crippen LogP contribution in [0.5, 0.6) is 0 Å². The molecular weight excluding hydrogens is 350 g/mol. The number of ether oxygens (including phenoxy) is 1. The van der Waals surface area contributed by atoms with E-state index in [4.69, 9.17) is 17.0 Å². The minimum atomic E-state index is -0.430. The van der Waals surface area contributed by atoms with Crippen LogP contribution in [-0.4, -0.2) is 35.5 Å². The third kappa shape index (κ3) is 4.40. The van der Waals surface area contributed by atoms with Crippen molar-refractivity contribution in [3.8, 4) is 0 Å². The molecule has 1 aliphatic rings. The molecule has 0 unspecified atom stereocenters. The third-order valence-corrected chi connectivity index (χ3v) is 4.62. The Hall–Kier alpha value is -2.41. The van der Waals surface area contributed by atoms with Gasteiger partial charge in [-0.25, -0.2) is 4.79 Å². The average Bonchev–Trinajstić information content (AvgIpc) is 2.60. The van der Waals surface area contributed by atoms with E-state index in [1.165, 1.54) is 0 Å². The molecule has 1 aromatic rings. The van der Waals surface area contributed by atoms with Crippen molar-refractivity contribution < 1.29 is 14.3 Å². The second kappa shape index (κ2) is 8.80. The normalized spacial score (nSPS) is 17.0. The fourth-order valence-corrected chi connectivity index (χ4v) is 3.06. The quantitative estimate of drug-likeness (QED) is 0.588. The summed E-state index contributed by atoms with van der Waals surface area (Å²) in [4.78, 5) is 26.2. The summed E-state index contributed by atoms with van der Waals surface area (Å²) in [5.74, 6) is -0.411. The summed E-state index contributed by atoms with van der Waals surface area (Å²) in [6, 6.07) is 6.99. The maximum atomic E-state index is 12.5. The Balaban J connectivity index is 2.39. The molecule has 0 saturated heterocycles. The first kappa shape index (κ1) is 19.9. The standard InChI is InChI=1S/C19H25N3O3S/c1-5-8-15(23)20-14-10-7-9-13(11-14)17-16(18(24)25-6-2)12(3)22(4)19(26)21-17/h7,9-11,17H,5-6,8H2,1-4H3,(H,20,23)(H,21,26)/t17-/m0/s1. The highest BCUT2D eigenvalue weighted by atomic mass is 32.1. The minimum absolute atomic E-state index is 0.0335. The van der Waals surface area contributed by atoms with Gasteiger partial charge >= 0.3 is 5.97 Å².